The second kappa shape index (κ2) is 8.92. The number of carbonyl (C=O) groups is 2. The number of hydrogen-bond acceptors (Lipinski definition) is 5. The van der Waals surface area contributed by atoms with Gasteiger partial charge in [-0.1, -0.05) is 35.9 Å². The van der Waals surface area contributed by atoms with E-state index in [9.17, 15) is 9.59 Å². The molecule has 0 fully saturated rings. The lowest BCUT2D eigenvalue weighted by Crippen LogP contribution is -2.30. The first-order valence-corrected chi connectivity index (χ1v) is 9.58. The van der Waals surface area contributed by atoms with E-state index in [-0.39, 0.29) is 12.4 Å². The molecule has 2 aromatic carbocycles. The molecule has 1 aromatic heterocycles. The number of nitrogens with one attached hydrogen (secondary N) is 1. The third-order valence-corrected chi connectivity index (χ3v) is 4.63. The van der Waals surface area contributed by atoms with Gasteiger partial charge in [-0.3, -0.25) is 4.79 Å². The number of para-hydroxylation sites is 1. The van der Waals surface area contributed by atoms with E-state index in [4.69, 9.17) is 13.9 Å². The molecular weight excluding hydrogens is 370 g/mol. The van der Waals surface area contributed by atoms with Crippen molar-refractivity contribution in [2.75, 3.05) is 11.9 Å². The van der Waals surface area contributed by atoms with Gasteiger partial charge in [-0.25, -0.2) is 4.79 Å². The second-order valence-electron chi connectivity index (χ2n) is 6.90. The van der Waals surface area contributed by atoms with Crippen molar-refractivity contribution >= 4 is 28.5 Å². The number of furan rings is 1. The molecule has 6 nitrogen and oxygen atoms in total. The molecule has 0 spiro atoms. The molecule has 3 rings (SSSR count). The largest absolute Gasteiger partial charge is 0.449 e. The van der Waals surface area contributed by atoms with Crippen molar-refractivity contribution in [2.24, 2.45) is 0 Å². The van der Waals surface area contributed by atoms with E-state index in [0.29, 0.717) is 23.4 Å². The van der Waals surface area contributed by atoms with Crippen LogP contribution in [-0.4, -0.2) is 24.6 Å². The fourth-order valence-electron chi connectivity index (χ4n) is 3.07. The van der Waals surface area contributed by atoms with Gasteiger partial charge in [-0.05, 0) is 45.4 Å². The number of ether oxygens (including phenoxy) is 2. The Morgan fingerprint density at radius 3 is 2.62 bits per heavy atom. The number of carbonyl (C=O) groups excluding carboxylic acids is 2. The van der Waals surface area contributed by atoms with Crippen LogP contribution in [0.5, 0.6) is 0 Å². The molecule has 0 bridgehead atoms. The van der Waals surface area contributed by atoms with Gasteiger partial charge in [0.25, 0.3) is 5.91 Å². The minimum Gasteiger partial charge on any atom is -0.449 e. The lowest BCUT2D eigenvalue weighted by molar-refractivity contribution is -0.123. The molecule has 0 saturated heterocycles. The van der Waals surface area contributed by atoms with Crippen molar-refractivity contribution in [3.63, 3.8) is 0 Å². The molecule has 0 radical (unpaired) electrons. The van der Waals surface area contributed by atoms with Crippen LogP contribution >= 0.6 is 0 Å². The third kappa shape index (κ3) is 4.66. The standard InChI is InChI=1S/C23H25NO5/c1-5-27-13-18-17-8-6-7-9-20(17)29-21(18)23(26)28-16(4)22(25)24-19-11-10-14(2)12-15(19)3/h6-12,16H,5,13H2,1-4H3,(H,24,25)/t16-/m1/s1. The highest BCUT2D eigenvalue weighted by molar-refractivity contribution is 5.99. The summed E-state index contributed by atoms with van der Waals surface area (Å²) in [5, 5.41) is 3.59. The highest BCUT2D eigenvalue weighted by atomic mass is 16.6. The van der Waals surface area contributed by atoms with Crippen LogP contribution in [0.25, 0.3) is 11.0 Å². The number of amides is 1. The minimum atomic E-state index is -0.989. The number of anilines is 1. The molecule has 0 unspecified atom stereocenters. The summed E-state index contributed by atoms with van der Waals surface area (Å²) in [7, 11) is 0. The second-order valence-corrected chi connectivity index (χ2v) is 6.90. The maximum Gasteiger partial charge on any atom is 0.375 e. The zero-order chi connectivity index (χ0) is 21.0. The summed E-state index contributed by atoms with van der Waals surface area (Å²) in [6.07, 6.45) is -0.989. The third-order valence-electron chi connectivity index (χ3n) is 4.63. The normalized spacial score (nSPS) is 12.0. The van der Waals surface area contributed by atoms with Crippen LogP contribution in [0, 0.1) is 13.8 Å². The minimum absolute atomic E-state index is 0.0609. The number of esters is 1. The number of aryl methyl sites for hydroxylation is 2. The highest BCUT2D eigenvalue weighted by Crippen LogP contribution is 2.27. The molecule has 0 aliphatic carbocycles. The zero-order valence-electron chi connectivity index (χ0n) is 17.1. The van der Waals surface area contributed by atoms with Crippen molar-refractivity contribution in [2.45, 2.75) is 40.4 Å². The Balaban J connectivity index is 1.76. The molecule has 0 saturated carbocycles. The first-order chi connectivity index (χ1) is 13.9. The average molecular weight is 395 g/mol. The molecule has 1 heterocycles. The molecule has 1 atom stereocenters. The van der Waals surface area contributed by atoms with Crippen LogP contribution in [-0.2, 0) is 20.9 Å². The monoisotopic (exact) mass is 395 g/mol. The summed E-state index contributed by atoms with van der Waals surface area (Å²) in [5.41, 5.74) is 3.92. The Morgan fingerprint density at radius 1 is 1.14 bits per heavy atom. The van der Waals surface area contributed by atoms with Crippen molar-refractivity contribution in [3.05, 3.63) is 64.9 Å². The molecule has 6 heteroatoms. The summed E-state index contributed by atoms with van der Waals surface area (Å²) < 4.78 is 16.6. The van der Waals surface area contributed by atoms with Gasteiger partial charge >= 0.3 is 5.97 Å². The van der Waals surface area contributed by atoms with Crippen LogP contribution < -0.4 is 5.32 Å². The first-order valence-electron chi connectivity index (χ1n) is 9.58. The maximum atomic E-state index is 12.7. The van der Waals surface area contributed by atoms with Gasteiger partial charge in [0.1, 0.15) is 5.58 Å². The van der Waals surface area contributed by atoms with Crippen LogP contribution in [0.1, 0.15) is 41.1 Å². The van der Waals surface area contributed by atoms with Crippen molar-refractivity contribution in [1.82, 2.24) is 0 Å². The van der Waals surface area contributed by atoms with Gasteiger partial charge in [0.05, 0.1) is 6.61 Å². The average Bonchev–Trinajstić information content (AvgIpc) is 3.07. The number of rotatable bonds is 7. The van der Waals surface area contributed by atoms with Crippen molar-refractivity contribution in [1.29, 1.82) is 0 Å². The molecule has 0 aliphatic rings. The predicted octanol–water partition coefficient (Wildman–Crippen LogP) is 4.77. The van der Waals surface area contributed by atoms with E-state index in [1.807, 2.05) is 57.2 Å². The SMILES string of the molecule is CCOCc1c(C(=O)O[C@H](C)C(=O)Nc2ccc(C)cc2C)oc2ccccc12. The predicted molar refractivity (Wildman–Crippen MR) is 111 cm³/mol. The lowest BCUT2D eigenvalue weighted by Gasteiger charge is -2.15. The topological polar surface area (TPSA) is 77.8 Å². The van der Waals surface area contributed by atoms with Crippen LogP contribution in [0.2, 0.25) is 0 Å². The molecule has 1 amide bonds. The van der Waals surface area contributed by atoms with Gasteiger partial charge < -0.3 is 19.2 Å². The van der Waals surface area contributed by atoms with Crippen LogP contribution in [0.4, 0.5) is 5.69 Å². The Kier molecular flexibility index (Phi) is 6.34. The molecular formula is C23H25NO5. The van der Waals surface area contributed by atoms with Gasteiger partial charge in [-0.2, -0.15) is 0 Å². The summed E-state index contributed by atoms with van der Waals surface area (Å²) in [4.78, 5) is 25.2. The van der Waals surface area contributed by atoms with Crippen molar-refractivity contribution in [3.8, 4) is 0 Å². The van der Waals surface area contributed by atoms with E-state index >= 15 is 0 Å². The lowest BCUT2D eigenvalue weighted by atomic mass is 10.1. The summed E-state index contributed by atoms with van der Waals surface area (Å²) >= 11 is 0. The fourth-order valence-corrected chi connectivity index (χ4v) is 3.07. The van der Waals surface area contributed by atoms with Crippen LogP contribution in [0.3, 0.4) is 0 Å². The smallest absolute Gasteiger partial charge is 0.375 e. The van der Waals surface area contributed by atoms with Crippen LogP contribution in [0.15, 0.2) is 46.9 Å². The Bertz CT molecular complexity index is 1040. The zero-order valence-corrected chi connectivity index (χ0v) is 17.1. The number of hydrogen-bond donors (Lipinski definition) is 1. The Morgan fingerprint density at radius 2 is 1.90 bits per heavy atom. The molecule has 29 heavy (non-hydrogen) atoms. The molecule has 1 N–H and O–H groups in total. The van der Waals surface area contributed by atoms with Gasteiger partial charge in [0.15, 0.2) is 6.10 Å². The molecule has 0 aliphatic heterocycles. The van der Waals surface area contributed by atoms with E-state index in [1.165, 1.54) is 6.92 Å². The van der Waals surface area contributed by atoms with Gasteiger partial charge in [-0.15, -0.1) is 0 Å². The van der Waals surface area contributed by atoms with E-state index in [1.54, 1.807) is 6.07 Å². The Labute approximate surface area is 169 Å². The quantitative estimate of drug-likeness (QED) is 0.583. The van der Waals surface area contributed by atoms with E-state index in [0.717, 1.165) is 16.5 Å². The highest BCUT2D eigenvalue weighted by Gasteiger charge is 2.26. The summed E-state index contributed by atoms with van der Waals surface area (Å²) in [6.45, 7) is 8.02. The summed E-state index contributed by atoms with van der Waals surface area (Å²) in [5.74, 6) is -1.04. The number of fused-ring (bicyclic) bond motifs is 1. The van der Waals surface area contributed by atoms with E-state index < -0.39 is 18.0 Å². The molecule has 152 valence electrons. The fraction of sp³-hybridized carbons (Fsp3) is 0.304. The summed E-state index contributed by atoms with van der Waals surface area (Å²) in [6, 6.07) is 13.0. The number of benzene rings is 2. The van der Waals surface area contributed by atoms with Gasteiger partial charge in [0.2, 0.25) is 5.76 Å². The maximum absolute atomic E-state index is 12.7. The Hall–Kier alpha value is -3.12. The first kappa shape index (κ1) is 20.6. The van der Waals surface area contributed by atoms with Gasteiger partial charge in [0, 0.05) is 23.2 Å². The molecule has 3 aromatic rings. The van der Waals surface area contributed by atoms with Crippen molar-refractivity contribution < 1.29 is 23.5 Å². The van der Waals surface area contributed by atoms with E-state index in [2.05, 4.69) is 5.32 Å².